The van der Waals surface area contributed by atoms with Gasteiger partial charge in [0, 0.05) is 36.6 Å². The van der Waals surface area contributed by atoms with Crippen molar-refractivity contribution < 1.29 is 13.2 Å². The number of pyridine rings is 1. The van der Waals surface area contributed by atoms with Crippen molar-refractivity contribution in [2.75, 3.05) is 11.9 Å². The van der Waals surface area contributed by atoms with Crippen LogP contribution in [0.15, 0.2) is 102 Å². The first kappa shape index (κ1) is 26.0. The number of fused-ring (bicyclic) bond motifs is 1. The SMILES string of the molecule is CN(Cc1ccccc1)S(=O)(=O)c1ccc(C(=O)N(Cc2cccnc2)c2nc3ccc(Cl)cc3s2)cc1. The van der Waals surface area contributed by atoms with E-state index in [1.54, 1.807) is 23.4 Å². The minimum absolute atomic E-state index is 0.112. The van der Waals surface area contributed by atoms with E-state index in [-0.39, 0.29) is 23.9 Å². The van der Waals surface area contributed by atoms with E-state index in [4.69, 9.17) is 11.6 Å². The average Bonchev–Trinajstić information content (AvgIpc) is 3.35. The molecule has 0 saturated heterocycles. The molecule has 0 unspecified atom stereocenters. The summed E-state index contributed by atoms with van der Waals surface area (Å²) in [6, 6.07) is 24.4. The highest BCUT2D eigenvalue weighted by Gasteiger charge is 2.25. The summed E-state index contributed by atoms with van der Waals surface area (Å²) < 4.78 is 28.4. The highest BCUT2D eigenvalue weighted by Crippen LogP contribution is 2.32. The Kier molecular flexibility index (Phi) is 7.53. The van der Waals surface area contributed by atoms with Gasteiger partial charge in [-0.3, -0.25) is 14.7 Å². The fourth-order valence-corrected chi connectivity index (χ4v) is 6.33. The van der Waals surface area contributed by atoms with Gasteiger partial charge < -0.3 is 0 Å². The van der Waals surface area contributed by atoms with Crippen LogP contribution in [0.5, 0.6) is 0 Å². The molecule has 2 heterocycles. The van der Waals surface area contributed by atoms with Crippen molar-refractivity contribution in [3.63, 3.8) is 0 Å². The van der Waals surface area contributed by atoms with E-state index >= 15 is 0 Å². The molecule has 0 atom stereocenters. The van der Waals surface area contributed by atoms with Crippen LogP contribution < -0.4 is 4.90 Å². The number of amides is 1. The molecule has 3 aromatic carbocycles. The van der Waals surface area contributed by atoms with Gasteiger partial charge in [-0.05, 0) is 59.7 Å². The lowest BCUT2D eigenvalue weighted by molar-refractivity contribution is 0.0985. The van der Waals surface area contributed by atoms with Gasteiger partial charge in [-0.1, -0.05) is 59.3 Å². The number of rotatable bonds is 8. The first-order valence-electron chi connectivity index (χ1n) is 11.7. The second-order valence-electron chi connectivity index (χ2n) is 8.63. The van der Waals surface area contributed by atoms with Crippen LogP contribution in [0.25, 0.3) is 10.2 Å². The maximum atomic E-state index is 13.7. The Bertz CT molecular complexity index is 1680. The number of hydrogen-bond acceptors (Lipinski definition) is 6. The summed E-state index contributed by atoms with van der Waals surface area (Å²) in [6.07, 6.45) is 3.37. The van der Waals surface area contributed by atoms with Crippen molar-refractivity contribution in [2.45, 2.75) is 18.0 Å². The summed E-state index contributed by atoms with van der Waals surface area (Å²) in [7, 11) is -2.21. The highest BCUT2D eigenvalue weighted by molar-refractivity contribution is 7.89. The van der Waals surface area contributed by atoms with Crippen LogP contribution in [0.4, 0.5) is 5.13 Å². The van der Waals surface area contributed by atoms with Crippen LogP contribution in [0.2, 0.25) is 5.02 Å². The summed E-state index contributed by atoms with van der Waals surface area (Å²) in [5.41, 5.74) is 2.80. The van der Waals surface area contributed by atoms with Gasteiger partial charge in [0.25, 0.3) is 5.91 Å². The molecule has 10 heteroatoms. The minimum Gasteiger partial charge on any atom is -0.279 e. The fraction of sp³-hybridized carbons (Fsp3) is 0.107. The van der Waals surface area contributed by atoms with Gasteiger partial charge >= 0.3 is 0 Å². The number of nitrogens with zero attached hydrogens (tertiary/aromatic N) is 4. The lowest BCUT2D eigenvalue weighted by Crippen LogP contribution is -2.30. The van der Waals surface area contributed by atoms with E-state index in [1.807, 2.05) is 54.6 Å². The second-order valence-corrected chi connectivity index (χ2v) is 12.1. The normalized spacial score (nSPS) is 11.7. The third-order valence-corrected chi connectivity index (χ3v) is 9.03. The molecule has 5 rings (SSSR count). The largest absolute Gasteiger partial charge is 0.279 e. The first-order chi connectivity index (χ1) is 18.3. The maximum Gasteiger partial charge on any atom is 0.260 e. The first-order valence-corrected chi connectivity index (χ1v) is 14.3. The Balaban J connectivity index is 1.43. The summed E-state index contributed by atoms with van der Waals surface area (Å²) in [5.74, 6) is -0.305. The van der Waals surface area contributed by atoms with E-state index in [2.05, 4.69) is 9.97 Å². The van der Waals surface area contributed by atoms with Crippen molar-refractivity contribution in [3.8, 4) is 0 Å². The number of anilines is 1. The van der Waals surface area contributed by atoms with Crippen LogP contribution in [0.1, 0.15) is 21.5 Å². The zero-order valence-corrected chi connectivity index (χ0v) is 22.7. The lowest BCUT2D eigenvalue weighted by atomic mass is 10.2. The van der Waals surface area contributed by atoms with E-state index in [0.29, 0.717) is 15.7 Å². The summed E-state index contributed by atoms with van der Waals surface area (Å²) in [6.45, 7) is 0.491. The molecule has 192 valence electrons. The van der Waals surface area contributed by atoms with E-state index in [1.165, 1.54) is 47.0 Å². The Hall–Kier alpha value is -3.63. The Labute approximate surface area is 230 Å². The fourth-order valence-electron chi connectivity index (χ4n) is 3.93. The molecule has 0 spiro atoms. The Morgan fingerprint density at radius 2 is 1.66 bits per heavy atom. The smallest absolute Gasteiger partial charge is 0.260 e. The standard InChI is InChI=1S/C28H23ClN4O3S2/c1-32(18-20-6-3-2-4-7-20)38(35,36)24-12-9-22(10-13-24)27(34)33(19-21-8-5-15-30-17-21)28-31-25-14-11-23(29)16-26(25)37-28/h2-17H,18-19H2,1H3. The Morgan fingerprint density at radius 1 is 0.921 bits per heavy atom. The maximum absolute atomic E-state index is 13.7. The summed E-state index contributed by atoms with van der Waals surface area (Å²) in [4.78, 5) is 24.2. The van der Waals surface area contributed by atoms with Gasteiger partial charge in [-0.2, -0.15) is 4.31 Å². The van der Waals surface area contributed by atoms with Gasteiger partial charge in [-0.15, -0.1) is 0 Å². The number of thiazole rings is 1. The number of carbonyl (C=O) groups is 1. The average molecular weight is 563 g/mol. The van der Waals surface area contributed by atoms with E-state index in [0.717, 1.165) is 21.3 Å². The van der Waals surface area contributed by atoms with E-state index in [9.17, 15) is 13.2 Å². The van der Waals surface area contributed by atoms with Crippen LogP contribution >= 0.6 is 22.9 Å². The van der Waals surface area contributed by atoms with Crippen LogP contribution in [0, 0.1) is 0 Å². The molecule has 0 N–H and O–H groups in total. The van der Waals surface area contributed by atoms with Crippen LogP contribution in [-0.4, -0.2) is 35.6 Å². The van der Waals surface area contributed by atoms with Crippen molar-refractivity contribution in [2.24, 2.45) is 0 Å². The number of hydrogen-bond donors (Lipinski definition) is 0. The minimum atomic E-state index is -3.74. The molecule has 2 aromatic heterocycles. The monoisotopic (exact) mass is 562 g/mol. The third kappa shape index (κ3) is 5.61. The van der Waals surface area contributed by atoms with Gasteiger partial charge in [0.05, 0.1) is 21.7 Å². The molecule has 7 nitrogen and oxygen atoms in total. The summed E-state index contributed by atoms with van der Waals surface area (Å²) >= 11 is 7.51. The molecule has 5 aromatic rings. The molecule has 1 amide bonds. The summed E-state index contributed by atoms with van der Waals surface area (Å²) in [5, 5.41) is 1.10. The molecular formula is C28H23ClN4O3S2. The van der Waals surface area contributed by atoms with Crippen molar-refractivity contribution in [1.29, 1.82) is 0 Å². The number of carbonyl (C=O) groups excluding carboxylic acids is 1. The van der Waals surface area contributed by atoms with E-state index < -0.39 is 10.0 Å². The number of sulfonamides is 1. The highest BCUT2D eigenvalue weighted by atomic mass is 35.5. The van der Waals surface area contributed by atoms with Gasteiger partial charge in [-0.25, -0.2) is 13.4 Å². The van der Waals surface area contributed by atoms with Crippen molar-refractivity contribution in [1.82, 2.24) is 14.3 Å². The molecule has 0 saturated carbocycles. The number of benzene rings is 3. The van der Waals surface area contributed by atoms with Gasteiger partial charge in [0.1, 0.15) is 0 Å². The third-order valence-electron chi connectivity index (χ3n) is 5.94. The van der Waals surface area contributed by atoms with Crippen LogP contribution in [-0.2, 0) is 23.1 Å². The zero-order valence-electron chi connectivity index (χ0n) is 20.4. The van der Waals surface area contributed by atoms with Crippen molar-refractivity contribution >= 4 is 54.2 Å². The molecular weight excluding hydrogens is 540 g/mol. The molecule has 38 heavy (non-hydrogen) atoms. The zero-order chi connectivity index (χ0) is 26.7. The Morgan fingerprint density at radius 3 is 2.37 bits per heavy atom. The lowest BCUT2D eigenvalue weighted by Gasteiger charge is -2.21. The molecule has 0 radical (unpaired) electrons. The molecule has 0 bridgehead atoms. The molecule has 0 aliphatic carbocycles. The topological polar surface area (TPSA) is 83.5 Å². The van der Waals surface area contributed by atoms with Gasteiger partial charge in [0.2, 0.25) is 10.0 Å². The molecule has 0 fully saturated rings. The second kappa shape index (κ2) is 11.0. The molecule has 0 aliphatic rings. The number of halogens is 1. The van der Waals surface area contributed by atoms with Gasteiger partial charge in [0.15, 0.2) is 5.13 Å². The molecule has 0 aliphatic heterocycles. The van der Waals surface area contributed by atoms with Crippen LogP contribution in [0.3, 0.4) is 0 Å². The predicted molar refractivity (Wildman–Crippen MR) is 151 cm³/mol. The number of aromatic nitrogens is 2. The predicted octanol–water partition coefficient (Wildman–Crippen LogP) is 6.01. The quantitative estimate of drug-likeness (QED) is 0.231. The van der Waals surface area contributed by atoms with Crippen molar-refractivity contribution in [3.05, 3.63) is 119 Å².